The van der Waals surface area contributed by atoms with Crippen LogP contribution in [0.1, 0.15) is 85.7 Å². The molecular weight excluding hydrogens is 742 g/mol. The molecule has 3 amide bonds. The second-order valence-corrected chi connectivity index (χ2v) is 15.8. The highest BCUT2D eigenvalue weighted by Crippen LogP contribution is 2.39. The number of halogens is 3. The predicted molar refractivity (Wildman–Crippen MR) is 188 cm³/mol. The molecule has 0 radical (unpaired) electrons. The van der Waals surface area contributed by atoms with Gasteiger partial charge in [-0.1, -0.05) is 20.8 Å². The van der Waals surface area contributed by atoms with E-state index in [1.54, 1.807) is 18.9 Å². The van der Waals surface area contributed by atoms with Crippen LogP contribution in [0.3, 0.4) is 0 Å². The summed E-state index contributed by atoms with van der Waals surface area (Å²) < 4.78 is 55.5. The normalized spacial score (nSPS) is 19.4. The number of nitrogens with one attached hydrogen (secondary N) is 2. The van der Waals surface area contributed by atoms with Crippen LogP contribution in [-0.2, 0) is 46.0 Å². The number of esters is 2. The Morgan fingerprint density at radius 2 is 1.81 bits per heavy atom. The summed E-state index contributed by atoms with van der Waals surface area (Å²) >= 11 is 1.86. The maximum absolute atomic E-state index is 13.9. The van der Waals surface area contributed by atoms with E-state index >= 15 is 0 Å². The quantitative estimate of drug-likeness (QED) is 0.239. The maximum Gasteiger partial charge on any atom is 0.434 e. The Morgan fingerprint density at radius 1 is 1.11 bits per heavy atom. The lowest BCUT2D eigenvalue weighted by Gasteiger charge is -2.37. The van der Waals surface area contributed by atoms with Crippen LogP contribution < -0.4 is 10.6 Å². The molecular formula is C34H47F3N6O8S2. The number of hydrogen-bond acceptors (Lipinski definition) is 13. The van der Waals surface area contributed by atoms with Crippen LogP contribution in [0.2, 0.25) is 0 Å². The number of likely N-dealkylation sites (N-methyl/N-ethyl adjacent to an activating group) is 2. The van der Waals surface area contributed by atoms with Crippen LogP contribution in [0, 0.1) is 11.8 Å². The highest BCUT2D eigenvalue weighted by atomic mass is 32.1. The molecule has 2 aromatic rings. The van der Waals surface area contributed by atoms with Gasteiger partial charge in [-0.3, -0.25) is 28.9 Å². The zero-order valence-corrected chi connectivity index (χ0v) is 32.4. The van der Waals surface area contributed by atoms with Crippen LogP contribution in [-0.4, -0.2) is 114 Å². The second kappa shape index (κ2) is 17.6. The van der Waals surface area contributed by atoms with E-state index in [-0.39, 0.29) is 54.3 Å². The molecule has 2 aromatic heterocycles. The fourth-order valence-corrected chi connectivity index (χ4v) is 7.97. The number of morpholine rings is 1. The fourth-order valence-electron chi connectivity index (χ4n) is 6.25. The van der Waals surface area contributed by atoms with Crippen LogP contribution in [0.15, 0.2) is 10.8 Å². The summed E-state index contributed by atoms with van der Waals surface area (Å²) in [7, 11) is 4.70. The minimum atomic E-state index is -4.63. The van der Waals surface area contributed by atoms with E-state index in [9.17, 15) is 37.1 Å². The van der Waals surface area contributed by atoms with Gasteiger partial charge in [0.1, 0.15) is 22.3 Å². The third-order valence-electron chi connectivity index (χ3n) is 9.44. The molecule has 0 spiro atoms. The summed E-state index contributed by atoms with van der Waals surface area (Å²) in [6.45, 7) is 8.01. The molecule has 14 nitrogen and oxygen atoms in total. The molecule has 2 aliphatic rings. The van der Waals surface area contributed by atoms with Gasteiger partial charge in [-0.25, -0.2) is 9.97 Å². The number of thiazole rings is 2. The van der Waals surface area contributed by atoms with Crippen molar-refractivity contribution in [2.45, 2.75) is 95.7 Å². The topological polar surface area (TPSA) is 169 Å². The average Bonchev–Trinajstić information content (AvgIpc) is 3.45. The van der Waals surface area contributed by atoms with Crippen LogP contribution in [0.5, 0.6) is 0 Å². The largest absolute Gasteiger partial charge is 0.469 e. The van der Waals surface area contributed by atoms with Crippen molar-refractivity contribution in [1.29, 1.82) is 0 Å². The third-order valence-corrected chi connectivity index (χ3v) is 11.2. The monoisotopic (exact) mass is 788 g/mol. The molecule has 1 saturated heterocycles. The lowest BCUT2D eigenvalue weighted by Crippen LogP contribution is -2.59. The van der Waals surface area contributed by atoms with Crippen molar-refractivity contribution in [3.63, 3.8) is 0 Å². The van der Waals surface area contributed by atoms with Crippen molar-refractivity contribution >= 4 is 52.3 Å². The fraction of sp³-hybridized carbons (Fsp3) is 0.676. The first-order chi connectivity index (χ1) is 24.8. The summed E-state index contributed by atoms with van der Waals surface area (Å²) in [5.41, 5.74) is -2.12. The Morgan fingerprint density at radius 3 is 2.38 bits per heavy atom. The molecule has 53 heavy (non-hydrogen) atoms. The Labute approximate surface area is 314 Å². The number of ether oxygens (including phenoxy) is 3. The maximum atomic E-state index is 13.9. The highest BCUT2D eigenvalue weighted by Gasteiger charge is 2.54. The van der Waals surface area contributed by atoms with Gasteiger partial charge in [0, 0.05) is 56.2 Å². The van der Waals surface area contributed by atoms with E-state index in [4.69, 9.17) is 14.2 Å². The van der Waals surface area contributed by atoms with Gasteiger partial charge in [0.15, 0.2) is 11.8 Å². The molecule has 0 aromatic carbocycles. The minimum absolute atomic E-state index is 0.0326. The molecule has 294 valence electrons. The third kappa shape index (κ3) is 10.9. The lowest BCUT2D eigenvalue weighted by atomic mass is 9.95. The second-order valence-electron chi connectivity index (χ2n) is 13.9. The summed E-state index contributed by atoms with van der Waals surface area (Å²) in [5, 5.41) is 8.50. The first kappa shape index (κ1) is 42.1. The molecule has 2 N–H and O–H groups in total. The van der Waals surface area contributed by atoms with Crippen molar-refractivity contribution in [2.24, 2.45) is 11.8 Å². The molecule has 1 aliphatic heterocycles. The number of nitrogens with zero attached hydrogens (tertiary/aromatic N) is 4. The molecule has 1 saturated carbocycles. The summed E-state index contributed by atoms with van der Waals surface area (Å²) in [5.74, 6) is -3.16. The predicted octanol–water partition coefficient (Wildman–Crippen LogP) is 3.62. The van der Waals surface area contributed by atoms with Gasteiger partial charge in [-0.05, 0) is 32.2 Å². The molecule has 3 heterocycles. The van der Waals surface area contributed by atoms with Crippen LogP contribution in [0.25, 0.3) is 0 Å². The van der Waals surface area contributed by atoms with Crippen LogP contribution in [0.4, 0.5) is 13.2 Å². The molecule has 0 bridgehead atoms. The van der Waals surface area contributed by atoms with Gasteiger partial charge >= 0.3 is 18.1 Å². The molecule has 4 rings (SSSR count). The molecule has 0 unspecified atom stereocenters. The number of rotatable bonds is 16. The number of carbonyl (C=O) groups is 5. The lowest BCUT2D eigenvalue weighted by molar-refractivity contribution is -0.149. The van der Waals surface area contributed by atoms with Crippen molar-refractivity contribution in [1.82, 2.24) is 30.4 Å². The summed E-state index contributed by atoms with van der Waals surface area (Å²) in [4.78, 5) is 76.6. The first-order valence-electron chi connectivity index (χ1n) is 17.2. The number of methoxy groups -OCH3 is 1. The Kier molecular flexibility index (Phi) is 14.0. The average molecular weight is 789 g/mol. The number of hydrogen-bond donors (Lipinski definition) is 2. The van der Waals surface area contributed by atoms with Gasteiger partial charge in [0.2, 0.25) is 11.8 Å². The van der Waals surface area contributed by atoms with E-state index in [1.807, 2.05) is 25.8 Å². The van der Waals surface area contributed by atoms with Crippen LogP contribution >= 0.6 is 22.7 Å². The zero-order valence-electron chi connectivity index (χ0n) is 30.8. The summed E-state index contributed by atoms with van der Waals surface area (Å²) in [6.07, 6.45) is -4.49. The van der Waals surface area contributed by atoms with E-state index in [0.29, 0.717) is 31.0 Å². The van der Waals surface area contributed by atoms with E-state index in [1.165, 1.54) is 19.4 Å². The molecule has 19 heteroatoms. The number of carbonyl (C=O) groups excluding carboxylic acids is 5. The Bertz CT molecular complexity index is 1630. The Hall–Kier alpha value is -3.68. The van der Waals surface area contributed by atoms with Gasteiger partial charge < -0.3 is 29.7 Å². The standard InChI is InChI=1S/C34H47F3N6O8S2/c1-18(2)23(43(6)32(48)33(8-9-33)41-29(46)24-15-50-11-10-42(24)5)14-25(51-20(4)44)30-39-22(16-53-30)28(45)38-21(12-19(3)31(47)49-7)13-27-40-26(17-52-27)34(35,36)37/h16-19,21,23-25H,8-15H2,1-7H3,(H,38,45)(H,41,46)/t19-,21+,23+,24+,25+/m0/s1. The summed E-state index contributed by atoms with van der Waals surface area (Å²) in [6, 6.07) is -1.78. The molecule has 1 aliphatic carbocycles. The Balaban J connectivity index is 1.49. The van der Waals surface area contributed by atoms with Crippen molar-refractivity contribution < 1.29 is 51.4 Å². The SMILES string of the molecule is COC(=O)[C@@H](C)C[C@H](Cc1nc(C(F)(F)F)cs1)NC(=O)c1csc([C@@H](C[C@H](C(C)C)N(C)C(=O)C2(NC(=O)[C@H]3COCCN3C)CC2)OC(C)=O)n1. The number of alkyl halides is 3. The van der Waals surface area contributed by atoms with E-state index < -0.39 is 65.4 Å². The highest BCUT2D eigenvalue weighted by molar-refractivity contribution is 7.10. The smallest absolute Gasteiger partial charge is 0.434 e. The van der Waals surface area contributed by atoms with E-state index in [2.05, 4.69) is 20.6 Å². The molecule has 2 fully saturated rings. The number of aromatic nitrogens is 2. The van der Waals surface area contributed by atoms with Crippen molar-refractivity contribution in [3.8, 4) is 0 Å². The van der Waals surface area contributed by atoms with Gasteiger partial charge in [0.05, 0.1) is 31.2 Å². The van der Waals surface area contributed by atoms with Crippen molar-refractivity contribution in [2.75, 3.05) is 41.0 Å². The van der Waals surface area contributed by atoms with Crippen molar-refractivity contribution in [3.05, 3.63) is 32.2 Å². The zero-order chi connectivity index (χ0) is 39.2. The number of amides is 3. The van der Waals surface area contributed by atoms with Gasteiger partial charge in [0.25, 0.3) is 5.91 Å². The van der Waals surface area contributed by atoms with Gasteiger partial charge in [-0.2, -0.15) is 13.2 Å². The first-order valence-corrected chi connectivity index (χ1v) is 19.0. The minimum Gasteiger partial charge on any atom is -0.469 e. The molecule has 5 atom stereocenters. The van der Waals surface area contributed by atoms with E-state index in [0.717, 1.165) is 28.1 Å². The van der Waals surface area contributed by atoms with Gasteiger partial charge in [-0.15, -0.1) is 22.7 Å².